The summed E-state index contributed by atoms with van der Waals surface area (Å²) in [7, 11) is 1.76. The monoisotopic (exact) mass is 182 g/mol. The molecule has 1 heterocycles. The molecule has 1 aromatic heterocycles. The maximum absolute atomic E-state index is 11.7. The first-order valence-corrected chi connectivity index (χ1v) is 4.74. The molecule has 0 saturated heterocycles. The Morgan fingerprint density at radius 2 is 1.69 bits per heavy atom. The summed E-state index contributed by atoms with van der Waals surface area (Å²) < 4.78 is 1.56. The number of aromatic nitrogens is 2. The summed E-state index contributed by atoms with van der Waals surface area (Å²) in [6, 6.07) is 0. The standard InChI is InChI=1S/C10H18N2O/c1-6(2)8-9(7(3)4)11-12(5)10(8)13/h6-7,11H,1-5H3. The lowest BCUT2D eigenvalue weighted by Gasteiger charge is -2.07. The Morgan fingerprint density at radius 3 is 2.00 bits per heavy atom. The molecule has 0 saturated carbocycles. The Morgan fingerprint density at radius 1 is 1.15 bits per heavy atom. The first kappa shape index (κ1) is 10.1. The normalized spacial score (nSPS) is 11.6. The second-order valence-corrected chi connectivity index (χ2v) is 4.11. The first-order chi connectivity index (χ1) is 5.95. The van der Waals surface area contributed by atoms with Crippen molar-refractivity contribution in [1.29, 1.82) is 0 Å². The summed E-state index contributed by atoms with van der Waals surface area (Å²) in [6.07, 6.45) is 0. The summed E-state index contributed by atoms with van der Waals surface area (Å²) >= 11 is 0. The minimum atomic E-state index is 0.110. The average molecular weight is 182 g/mol. The number of hydrogen-bond acceptors (Lipinski definition) is 1. The fourth-order valence-electron chi connectivity index (χ4n) is 1.59. The quantitative estimate of drug-likeness (QED) is 0.746. The van der Waals surface area contributed by atoms with Gasteiger partial charge < -0.3 is 0 Å². The van der Waals surface area contributed by atoms with E-state index in [1.54, 1.807) is 11.7 Å². The molecule has 0 amide bonds. The molecule has 0 radical (unpaired) electrons. The van der Waals surface area contributed by atoms with E-state index in [1.807, 2.05) is 0 Å². The maximum atomic E-state index is 11.7. The van der Waals surface area contributed by atoms with E-state index in [0.29, 0.717) is 11.8 Å². The summed E-state index contributed by atoms with van der Waals surface area (Å²) in [4.78, 5) is 11.7. The van der Waals surface area contributed by atoms with Gasteiger partial charge in [0.25, 0.3) is 5.56 Å². The molecule has 0 aliphatic rings. The molecule has 0 fully saturated rings. The number of aryl methyl sites for hydroxylation is 1. The number of aromatic amines is 1. The van der Waals surface area contributed by atoms with Crippen molar-refractivity contribution in [3.63, 3.8) is 0 Å². The highest BCUT2D eigenvalue weighted by atomic mass is 16.1. The van der Waals surface area contributed by atoms with Crippen LogP contribution in [0.2, 0.25) is 0 Å². The Balaban J connectivity index is 3.36. The Bertz CT molecular complexity index is 344. The minimum absolute atomic E-state index is 0.110. The molecule has 0 spiro atoms. The second-order valence-electron chi connectivity index (χ2n) is 4.11. The molecule has 0 aliphatic carbocycles. The maximum Gasteiger partial charge on any atom is 0.269 e. The molecule has 0 atom stereocenters. The predicted octanol–water partition coefficient (Wildman–Crippen LogP) is 1.96. The molecule has 0 aromatic carbocycles. The van der Waals surface area contributed by atoms with E-state index in [2.05, 4.69) is 32.8 Å². The highest BCUT2D eigenvalue weighted by molar-refractivity contribution is 5.23. The SMILES string of the molecule is CC(C)c1[nH]n(C)c(=O)c1C(C)C. The first-order valence-electron chi connectivity index (χ1n) is 4.74. The third-order valence-electron chi connectivity index (χ3n) is 2.27. The molecule has 13 heavy (non-hydrogen) atoms. The van der Waals surface area contributed by atoms with E-state index < -0.39 is 0 Å². The van der Waals surface area contributed by atoms with Crippen molar-refractivity contribution < 1.29 is 0 Å². The van der Waals surface area contributed by atoms with Crippen molar-refractivity contribution in [2.45, 2.75) is 39.5 Å². The topological polar surface area (TPSA) is 37.8 Å². The molecule has 1 rings (SSSR count). The average Bonchev–Trinajstić information content (AvgIpc) is 2.28. The minimum Gasteiger partial charge on any atom is -0.299 e. The van der Waals surface area contributed by atoms with Crippen LogP contribution in [0, 0.1) is 0 Å². The zero-order chi connectivity index (χ0) is 10.2. The lowest BCUT2D eigenvalue weighted by Crippen LogP contribution is -2.16. The van der Waals surface area contributed by atoms with Crippen LogP contribution in [0.1, 0.15) is 50.8 Å². The van der Waals surface area contributed by atoms with Crippen LogP contribution in [0.25, 0.3) is 0 Å². The number of hydrogen-bond donors (Lipinski definition) is 1. The van der Waals surface area contributed by atoms with Gasteiger partial charge in [-0.25, -0.2) is 0 Å². The van der Waals surface area contributed by atoms with Gasteiger partial charge in [0.15, 0.2) is 0 Å². The van der Waals surface area contributed by atoms with Crippen LogP contribution in [0.3, 0.4) is 0 Å². The zero-order valence-electron chi connectivity index (χ0n) is 9.01. The van der Waals surface area contributed by atoms with Gasteiger partial charge in [0.2, 0.25) is 0 Å². The van der Waals surface area contributed by atoms with Crippen LogP contribution in [0.5, 0.6) is 0 Å². The van der Waals surface area contributed by atoms with Gasteiger partial charge in [-0.05, 0) is 11.8 Å². The van der Waals surface area contributed by atoms with Gasteiger partial charge in [-0.2, -0.15) is 0 Å². The summed E-state index contributed by atoms with van der Waals surface area (Å²) in [5, 5.41) is 3.10. The Labute approximate surface area is 78.8 Å². The summed E-state index contributed by atoms with van der Waals surface area (Å²) in [5.74, 6) is 0.675. The summed E-state index contributed by atoms with van der Waals surface area (Å²) in [6.45, 7) is 8.29. The van der Waals surface area contributed by atoms with Gasteiger partial charge in [0.05, 0.1) is 0 Å². The highest BCUT2D eigenvalue weighted by Crippen LogP contribution is 2.20. The van der Waals surface area contributed by atoms with E-state index in [-0.39, 0.29) is 5.56 Å². The fourth-order valence-corrected chi connectivity index (χ4v) is 1.59. The smallest absolute Gasteiger partial charge is 0.269 e. The number of rotatable bonds is 2. The molecule has 74 valence electrons. The van der Waals surface area contributed by atoms with Crippen molar-refractivity contribution in [2.75, 3.05) is 0 Å². The van der Waals surface area contributed by atoms with Gasteiger partial charge >= 0.3 is 0 Å². The molecule has 1 N–H and O–H groups in total. The second kappa shape index (κ2) is 3.40. The van der Waals surface area contributed by atoms with E-state index in [0.717, 1.165) is 11.3 Å². The van der Waals surface area contributed by atoms with Crippen molar-refractivity contribution >= 4 is 0 Å². The summed E-state index contributed by atoms with van der Waals surface area (Å²) in [5.41, 5.74) is 2.11. The molecular weight excluding hydrogens is 164 g/mol. The lowest BCUT2D eigenvalue weighted by atomic mass is 9.98. The number of nitrogens with zero attached hydrogens (tertiary/aromatic N) is 1. The zero-order valence-corrected chi connectivity index (χ0v) is 9.01. The van der Waals surface area contributed by atoms with Gasteiger partial charge in [-0.15, -0.1) is 0 Å². The molecular formula is C10H18N2O. The third kappa shape index (κ3) is 1.69. The van der Waals surface area contributed by atoms with Crippen LogP contribution in [-0.2, 0) is 7.05 Å². The van der Waals surface area contributed by atoms with Crippen LogP contribution < -0.4 is 5.56 Å². The predicted molar refractivity (Wildman–Crippen MR) is 54.2 cm³/mol. The molecule has 3 heteroatoms. The lowest BCUT2D eigenvalue weighted by molar-refractivity contribution is 0.697. The Hall–Kier alpha value is -0.990. The molecule has 1 aromatic rings. The fraction of sp³-hybridized carbons (Fsp3) is 0.700. The van der Waals surface area contributed by atoms with Gasteiger partial charge in [-0.3, -0.25) is 14.6 Å². The largest absolute Gasteiger partial charge is 0.299 e. The Kier molecular flexibility index (Phi) is 2.64. The van der Waals surface area contributed by atoms with Crippen molar-refractivity contribution in [3.05, 3.63) is 21.6 Å². The van der Waals surface area contributed by atoms with E-state index >= 15 is 0 Å². The van der Waals surface area contributed by atoms with E-state index in [4.69, 9.17) is 0 Å². The molecule has 0 aliphatic heterocycles. The van der Waals surface area contributed by atoms with E-state index in [1.165, 1.54) is 0 Å². The van der Waals surface area contributed by atoms with Crippen LogP contribution in [-0.4, -0.2) is 9.78 Å². The molecule has 3 nitrogen and oxygen atoms in total. The van der Waals surface area contributed by atoms with Gasteiger partial charge in [-0.1, -0.05) is 27.7 Å². The van der Waals surface area contributed by atoms with Crippen LogP contribution in [0.15, 0.2) is 4.79 Å². The third-order valence-corrected chi connectivity index (χ3v) is 2.27. The van der Waals surface area contributed by atoms with E-state index in [9.17, 15) is 4.79 Å². The van der Waals surface area contributed by atoms with Crippen LogP contribution in [0.4, 0.5) is 0 Å². The van der Waals surface area contributed by atoms with Crippen LogP contribution >= 0.6 is 0 Å². The highest BCUT2D eigenvalue weighted by Gasteiger charge is 2.17. The van der Waals surface area contributed by atoms with Crippen molar-refractivity contribution in [1.82, 2.24) is 9.78 Å². The molecule has 0 unspecified atom stereocenters. The van der Waals surface area contributed by atoms with Gasteiger partial charge in [0.1, 0.15) is 0 Å². The van der Waals surface area contributed by atoms with Gasteiger partial charge in [0, 0.05) is 18.3 Å². The van der Waals surface area contributed by atoms with Crippen molar-refractivity contribution in [3.8, 4) is 0 Å². The van der Waals surface area contributed by atoms with Crippen molar-refractivity contribution in [2.24, 2.45) is 7.05 Å². The molecule has 0 bridgehead atoms. The number of nitrogens with one attached hydrogen (secondary N) is 1. The number of H-pyrrole nitrogens is 1.